The van der Waals surface area contributed by atoms with Gasteiger partial charge in [-0.2, -0.15) is 0 Å². The molecule has 0 atom stereocenters. The number of hydrogen-bond acceptors (Lipinski definition) is 2. The SMILES string of the molecule is CC(C)N(C)CCCNC(=O)c1ccc(Br)cc1. The highest BCUT2D eigenvalue weighted by molar-refractivity contribution is 9.10. The average Bonchev–Trinajstić information content (AvgIpc) is 2.34. The summed E-state index contributed by atoms with van der Waals surface area (Å²) in [5, 5.41) is 2.93. The van der Waals surface area contributed by atoms with Crippen molar-refractivity contribution >= 4 is 21.8 Å². The van der Waals surface area contributed by atoms with Crippen molar-refractivity contribution in [3.63, 3.8) is 0 Å². The maximum absolute atomic E-state index is 11.8. The zero-order chi connectivity index (χ0) is 13.5. The number of benzene rings is 1. The summed E-state index contributed by atoms with van der Waals surface area (Å²) in [6, 6.07) is 7.94. The summed E-state index contributed by atoms with van der Waals surface area (Å²) in [5.41, 5.74) is 0.704. The monoisotopic (exact) mass is 312 g/mol. The molecule has 4 heteroatoms. The molecular weight excluding hydrogens is 292 g/mol. The summed E-state index contributed by atoms with van der Waals surface area (Å²) < 4.78 is 0.984. The first-order chi connectivity index (χ1) is 8.50. The van der Waals surface area contributed by atoms with Crippen LogP contribution >= 0.6 is 15.9 Å². The molecule has 0 bridgehead atoms. The van der Waals surface area contributed by atoms with Crippen LogP contribution in [0, 0.1) is 0 Å². The predicted molar refractivity (Wildman–Crippen MR) is 78.9 cm³/mol. The first-order valence-corrected chi connectivity index (χ1v) is 7.04. The molecule has 0 saturated carbocycles. The van der Waals surface area contributed by atoms with E-state index in [1.54, 1.807) is 0 Å². The Balaban J connectivity index is 2.27. The van der Waals surface area contributed by atoms with Crippen LogP contribution in [0.1, 0.15) is 30.6 Å². The highest BCUT2D eigenvalue weighted by atomic mass is 79.9. The maximum Gasteiger partial charge on any atom is 0.251 e. The van der Waals surface area contributed by atoms with Gasteiger partial charge in [0, 0.05) is 22.6 Å². The van der Waals surface area contributed by atoms with Crippen molar-refractivity contribution in [2.45, 2.75) is 26.3 Å². The zero-order valence-electron chi connectivity index (χ0n) is 11.2. The van der Waals surface area contributed by atoms with Crippen LogP contribution in [0.15, 0.2) is 28.7 Å². The van der Waals surface area contributed by atoms with Crippen molar-refractivity contribution in [2.75, 3.05) is 20.1 Å². The van der Waals surface area contributed by atoms with Gasteiger partial charge in [0.25, 0.3) is 5.91 Å². The lowest BCUT2D eigenvalue weighted by molar-refractivity contribution is 0.0951. The lowest BCUT2D eigenvalue weighted by Crippen LogP contribution is -2.31. The number of amides is 1. The van der Waals surface area contributed by atoms with Crippen LogP contribution in [0.4, 0.5) is 0 Å². The van der Waals surface area contributed by atoms with Crippen molar-refractivity contribution in [3.8, 4) is 0 Å². The second-order valence-corrected chi connectivity index (χ2v) is 5.61. The first kappa shape index (κ1) is 15.2. The highest BCUT2D eigenvalue weighted by Gasteiger charge is 2.05. The van der Waals surface area contributed by atoms with Crippen LogP contribution in [-0.2, 0) is 0 Å². The smallest absolute Gasteiger partial charge is 0.251 e. The molecule has 18 heavy (non-hydrogen) atoms. The van der Waals surface area contributed by atoms with E-state index in [4.69, 9.17) is 0 Å². The van der Waals surface area contributed by atoms with E-state index in [1.807, 2.05) is 24.3 Å². The summed E-state index contributed by atoms with van der Waals surface area (Å²) in [6.45, 7) is 6.05. The van der Waals surface area contributed by atoms with Crippen LogP contribution < -0.4 is 5.32 Å². The summed E-state index contributed by atoms with van der Waals surface area (Å²) in [7, 11) is 2.10. The third kappa shape index (κ3) is 5.19. The Bertz CT molecular complexity index is 376. The van der Waals surface area contributed by atoms with Crippen molar-refractivity contribution < 1.29 is 4.79 Å². The van der Waals surface area contributed by atoms with Gasteiger partial charge < -0.3 is 10.2 Å². The van der Waals surface area contributed by atoms with E-state index in [-0.39, 0.29) is 5.91 Å². The fraction of sp³-hybridized carbons (Fsp3) is 0.500. The number of carbonyl (C=O) groups excluding carboxylic acids is 1. The Hall–Kier alpha value is -0.870. The molecule has 0 aliphatic heterocycles. The van der Waals surface area contributed by atoms with Gasteiger partial charge in [-0.3, -0.25) is 4.79 Å². The Morgan fingerprint density at radius 1 is 1.33 bits per heavy atom. The van der Waals surface area contributed by atoms with Crippen molar-refractivity contribution in [1.29, 1.82) is 0 Å². The second kappa shape index (κ2) is 7.54. The number of nitrogens with zero attached hydrogens (tertiary/aromatic N) is 1. The van der Waals surface area contributed by atoms with Gasteiger partial charge in [-0.05, 0) is 58.1 Å². The molecule has 0 heterocycles. The van der Waals surface area contributed by atoms with E-state index in [0.717, 1.165) is 17.4 Å². The summed E-state index contributed by atoms with van der Waals surface area (Å²) in [4.78, 5) is 14.1. The number of rotatable bonds is 6. The molecule has 1 aromatic carbocycles. The molecule has 1 aromatic rings. The fourth-order valence-electron chi connectivity index (χ4n) is 1.49. The molecule has 0 radical (unpaired) electrons. The van der Waals surface area contributed by atoms with Gasteiger partial charge in [-0.25, -0.2) is 0 Å². The van der Waals surface area contributed by atoms with Crippen LogP contribution in [0.25, 0.3) is 0 Å². The lowest BCUT2D eigenvalue weighted by atomic mass is 10.2. The van der Waals surface area contributed by atoms with E-state index in [1.165, 1.54) is 0 Å². The Kier molecular flexibility index (Phi) is 6.36. The van der Waals surface area contributed by atoms with E-state index in [2.05, 4.69) is 47.0 Å². The number of halogens is 1. The molecule has 0 unspecified atom stereocenters. The second-order valence-electron chi connectivity index (χ2n) is 4.69. The molecule has 0 aliphatic carbocycles. The molecule has 0 aromatic heterocycles. The molecule has 100 valence electrons. The Labute approximate surface area is 118 Å². The zero-order valence-corrected chi connectivity index (χ0v) is 12.8. The molecule has 3 nitrogen and oxygen atoms in total. The average molecular weight is 313 g/mol. The number of hydrogen-bond donors (Lipinski definition) is 1. The topological polar surface area (TPSA) is 32.3 Å². The first-order valence-electron chi connectivity index (χ1n) is 6.24. The number of carbonyl (C=O) groups is 1. The Morgan fingerprint density at radius 3 is 2.50 bits per heavy atom. The molecule has 1 amide bonds. The van der Waals surface area contributed by atoms with E-state index >= 15 is 0 Å². The molecule has 1 rings (SSSR count). The molecule has 1 N–H and O–H groups in total. The molecule has 0 aliphatic rings. The van der Waals surface area contributed by atoms with Gasteiger partial charge in [-0.15, -0.1) is 0 Å². The summed E-state index contributed by atoms with van der Waals surface area (Å²) in [6.07, 6.45) is 0.969. The van der Waals surface area contributed by atoms with Gasteiger partial charge in [-0.1, -0.05) is 15.9 Å². The molecular formula is C14H21BrN2O. The molecule has 0 fully saturated rings. The van der Waals surface area contributed by atoms with Gasteiger partial charge >= 0.3 is 0 Å². The van der Waals surface area contributed by atoms with Gasteiger partial charge in [0.2, 0.25) is 0 Å². The minimum Gasteiger partial charge on any atom is -0.352 e. The van der Waals surface area contributed by atoms with Gasteiger partial charge in [0.05, 0.1) is 0 Å². The minimum atomic E-state index is -0.00491. The van der Waals surface area contributed by atoms with E-state index < -0.39 is 0 Å². The quantitative estimate of drug-likeness (QED) is 0.819. The summed E-state index contributed by atoms with van der Waals surface area (Å²) in [5.74, 6) is -0.00491. The lowest BCUT2D eigenvalue weighted by Gasteiger charge is -2.20. The third-order valence-corrected chi connectivity index (χ3v) is 3.49. The fourth-order valence-corrected chi connectivity index (χ4v) is 1.76. The highest BCUT2D eigenvalue weighted by Crippen LogP contribution is 2.10. The number of nitrogens with one attached hydrogen (secondary N) is 1. The minimum absolute atomic E-state index is 0.00491. The van der Waals surface area contributed by atoms with Crippen LogP contribution in [-0.4, -0.2) is 37.0 Å². The molecule has 0 saturated heterocycles. The Morgan fingerprint density at radius 2 is 1.94 bits per heavy atom. The largest absolute Gasteiger partial charge is 0.352 e. The van der Waals surface area contributed by atoms with Crippen LogP contribution in [0.2, 0.25) is 0 Å². The van der Waals surface area contributed by atoms with Crippen molar-refractivity contribution in [2.24, 2.45) is 0 Å². The normalized spacial score (nSPS) is 11.0. The van der Waals surface area contributed by atoms with Gasteiger partial charge in [0.1, 0.15) is 0 Å². The summed E-state index contributed by atoms with van der Waals surface area (Å²) >= 11 is 3.35. The van der Waals surface area contributed by atoms with Crippen LogP contribution in [0.3, 0.4) is 0 Å². The van der Waals surface area contributed by atoms with Crippen LogP contribution in [0.5, 0.6) is 0 Å². The van der Waals surface area contributed by atoms with Crippen molar-refractivity contribution in [3.05, 3.63) is 34.3 Å². The third-order valence-electron chi connectivity index (χ3n) is 2.96. The van der Waals surface area contributed by atoms with Crippen molar-refractivity contribution in [1.82, 2.24) is 10.2 Å². The predicted octanol–water partition coefficient (Wildman–Crippen LogP) is 2.91. The standard InChI is InChI=1S/C14H21BrN2O/c1-11(2)17(3)10-4-9-16-14(18)12-5-7-13(15)8-6-12/h5-8,11H,4,9-10H2,1-3H3,(H,16,18). The van der Waals surface area contributed by atoms with Gasteiger partial charge in [0.15, 0.2) is 0 Å². The maximum atomic E-state index is 11.8. The molecule has 0 spiro atoms. The van der Waals surface area contributed by atoms with E-state index in [9.17, 15) is 4.79 Å². The van der Waals surface area contributed by atoms with E-state index in [0.29, 0.717) is 18.2 Å².